The number of hydrogen-bond donors (Lipinski definition) is 0. The molecule has 0 amide bonds. The van der Waals surface area contributed by atoms with Gasteiger partial charge in [-0.15, -0.1) is 0 Å². The van der Waals surface area contributed by atoms with Gasteiger partial charge in [-0.2, -0.15) is 0 Å². The molecule has 61 heavy (non-hydrogen) atoms. The molecule has 0 aliphatic heterocycles. The van der Waals surface area contributed by atoms with E-state index in [9.17, 15) is 0 Å². The van der Waals surface area contributed by atoms with E-state index in [-0.39, 0.29) is 0 Å². The highest BCUT2D eigenvalue weighted by atomic mass is 16.3. The summed E-state index contributed by atoms with van der Waals surface area (Å²) >= 11 is 0. The van der Waals surface area contributed by atoms with E-state index < -0.39 is 0 Å². The van der Waals surface area contributed by atoms with Crippen LogP contribution in [-0.2, 0) is 0 Å². The highest BCUT2D eigenvalue weighted by Crippen LogP contribution is 2.41. The maximum atomic E-state index is 6.53. The molecule has 6 heteroatoms. The summed E-state index contributed by atoms with van der Waals surface area (Å²) in [5.41, 5.74) is 11.9. The number of hydrogen-bond acceptors (Lipinski definition) is 4. The predicted molar refractivity (Wildman–Crippen MR) is 250 cm³/mol. The Kier molecular flexibility index (Phi) is 7.74. The van der Waals surface area contributed by atoms with E-state index in [0.29, 0.717) is 17.5 Å². The van der Waals surface area contributed by atoms with Gasteiger partial charge in [0.1, 0.15) is 11.2 Å². The molecule has 0 aliphatic rings. The normalized spacial score (nSPS) is 11.7. The SMILES string of the molecule is C=c1c(=C)n(-c2ccccc2)c2cc3c4cc(-c5ccc6oc7cccc(-c8nc(-c9ccccc9)nc(-c9ccccc9)n8)c7c6c5)ccc4n(-c4ccccc4)c3cc12. The molecule has 0 atom stereocenters. The Balaban J connectivity index is 1.07. The second kappa shape index (κ2) is 13.6. The van der Waals surface area contributed by atoms with E-state index in [2.05, 4.69) is 131 Å². The third kappa shape index (κ3) is 5.54. The minimum Gasteiger partial charge on any atom is -0.456 e. The molecule has 0 saturated heterocycles. The Morgan fingerprint density at radius 2 is 0.902 bits per heavy atom. The summed E-state index contributed by atoms with van der Waals surface area (Å²) in [7, 11) is 0. The number of fused-ring (bicyclic) bond motifs is 7. The van der Waals surface area contributed by atoms with Crippen LogP contribution in [0.2, 0.25) is 0 Å². The van der Waals surface area contributed by atoms with Crippen LogP contribution in [0, 0.1) is 0 Å². The molecule has 0 aliphatic carbocycles. The van der Waals surface area contributed by atoms with Gasteiger partial charge in [-0.3, -0.25) is 0 Å². The number of rotatable bonds is 6. The van der Waals surface area contributed by atoms with Crippen molar-refractivity contribution in [3.05, 3.63) is 199 Å². The quantitative estimate of drug-likeness (QED) is 0.169. The molecule has 4 aromatic heterocycles. The van der Waals surface area contributed by atoms with Crippen molar-refractivity contribution < 1.29 is 4.42 Å². The summed E-state index contributed by atoms with van der Waals surface area (Å²) in [5.74, 6) is 1.82. The maximum absolute atomic E-state index is 6.53. The maximum Gasteiger partial charge on any atom is 0.164 e. The van der Waals surface area contributed by atoms with E-state index in [4.69, 9.17) is 19.4 Å². The average molecular weight is 782 g/mol. The fourth-order valence-corrected chi connectivity index (χ4v) is 8.95. The number of nitrogens with zero attached hydrogens (tertiary/aromatic N) is 5. The number of para-hydroxylation sites is 2. The van der Waals surface area contributed by atoms with Crippen molar-refractivity contribution in [3.8, 4) is 56.7 Å². The summed E-state index contributed by atoms with van der Waals surface area (Å²) in [6.07, 6.45) is 0. The first-order valence-electron chi connectivity index (χ1n) is 20.3. The minimum absolute atomic E-state index is 0.587. The zero-order chi connectivity index (χ0) is 40.6. The van der Waals surface area contributed by atoms with Crippen LogP contribution in [-0.4, -0.2) is 24.1 Å². The van der Waals surface area contributed by atoms with Crippen LogP contribution >= 0.6 is 0 Å². The molecule has 0 spiro atoms. The lowest BCUT2D eigenvalue weighted by Crippen LogP contribution is -2.25. The van der Waals surface area contributed by atoms with Crippen LogP contribution in [0.25, 0.3) is 124 Å². The Morgan fingerprint density at radius 1 is 0.377 bits per heavy atom. The van der Waals surface area contributed by atoms with Crippen LogP contribution < -0.4 is 10.6 Å². The molecule has 0 fully saturated rings. The van der Waals surface area contributed by atoms with Gasteiger partial charge in [0.25, 0.3) is 0 Å². The Hall–Kier alpha value is -8.35. The molecule has 12 aromatic rings. The summed E-state index contributed by atoms with van der Waals surface area (Å²) in [6.45, 7) is 8.99. The van der Waals surface area contributed by atoms with Crippen molar-refractivity contribution >= 4 is 67.8 Å². The molecule has 0 N–H and O–H groups in total. The Morgan fingerprint density at radius 3 is 1.56 bits per heavy atom. The lowest BCUT2D eigenvalue weighted by atomic mass is 9.99. The standard InChI is InChI=1S/C55H35N5O/c1-34-35(2)59(40-20-11-5-12-21-40)48-33-45-44-30-38(26-28-47(44)60(49(45)32-43(34)48)41-22-13-6-14-23-41)39-27-29-50-46(31-39)52-42(24-15-25-51(52)61-50)55-57-53(36-16-7-3-8-17-36)56-54(58-55)37-18-9-4-10-19-37/h3-33H,1-2H2. The van der Waals surface area contributed by atoms with Crippen molar-refractivity contribution in [2.24, 2.45) is 0 Å². The van der Waals surface area contributed by atoms with E-state index in [1.54, 1.807) is 0 Å². The Labute approximate surface area is 350 Å². The Bertz CT molecular complexity index is 3720. The highest BCUT2D eigenvalue weighted by Gasteiger charge is 2.20. The van der Waals surface area contributed by atoms with Gasteiger partial charge in [-0.05, 0) is 77.9 Å². The zero-order valence-corrected chi connectivity index (χ0v) is 33.0. The molecule has 0 unspecified atom stereocenters. The molecule has 0 saturated carbocycles. The van der Waals surface area contributed by atoms with Gasteiger partial charge in [-0.25, -0.2) is 15.0 Å². The third-order valence-electron chi connectivity index (χ3n) is 11.9. The van der Waals surface area contributed by atoms with Crippen LogP contribution in [0.5, 0.6) is 0 Å². The van der Waals surface area contributed by atoms with E-state index >= 15 is 0 Å². The van der Waals surface area contributed by atoms with Crippen LogP contribution in [0.3, 0.4) is 0 Å². The second-order valence-electron chi connectivity index (χ2n) is 15.4. The highest BCUT2D eigenvalue weighted by molar-refractivity contribution is 6.16. The molecule has 8 aromatic carbocycles. The largest absolute Gasteiger partial charge is 0.456 e. The molecule has 12 rings (SSSR count). The van der Waals surface area contributed by atoms with E-state index in [1.165, 1.54) is 0 Å². The predicted octanol–water partition coefficient (Wildman–Crippen LogP) is 12.3. The first-order chi connectivity index (χ1) is 30.1. The van der Waals surface area contributed by atoms with Gasteiger partial charge in [0, 0.05) is 65.6 Å². The molecule has 6 nitrogen and oxygen atoms in total. The summed E-state index contributed by atoms with van der Waals surface area (Å²) in [6, 6.07) is 65.1. The molecule has 286 valence electrons. The van der Waals surface area contributed by atoms with Crippen LogP contribution in [0.4, 0.5) is 0 Å². The summed E-state index contributed by atoms with van der Waals surface area (Å²) < 4.78 is 11.1. The van der Waals surface area contributed by atoms with E-state index in [0.717, 1.165) is 104 Å². The van der Waals surface area contributed by atoms with Gasteiger partial charge >= 0.3 is 0 Å². The van der Waals surface area contributed by atoms with Crippen LogP contribution in [0.15, 0.2) is 192 Å². The number of aromatic nitrogens is 5. The number of furan rings is 1. The van der Waals surface area contributed by atoms with Gasteiger partial charge in [-0.1, -0.05) is 134 Å². The molecule has 0 radical (unpaired) electrons. The summed E-state index contributed by atoms with van der Waals surface area (Å²) in [5, 5.41) is 7.15. The van der Waals surface area contributed by atoms with Gasteiger partial charge in [0.05, 0.1) is 16.6 Å². The number of benzene rings is 8. The average Bonchev–Trinajstić information content (AvgIpc) is 3.94. The molecular formula is C55H35N5O. The van der Waals surface area contributed by atoms with Gasteiger partial charge < -0.3 is 13.6 Å². The smallest absolute Gasteiger partial charge is 0.164 e. The topological polar surface area (TPSA) is 61.7 Å². The first-order valence-corrected chi connectivity index (χ1v) is 20.3. The molecule has 4 heterocycles. The lowest BCUT2D eigenvalue weighted by molar-refractivity contribution is 0.669. The fourth-order valence-electron chi connectivity index (χ4n) is 8.95. The summed E-state index contributed by atoms with van der Waals surface area (Å²) in [4.78, 5) is 15.1. The molecular weight excluding hydrogens is 747 g/mol. The van der Waals surface area contributed by atoms with Gasteiger partial charge in [0.2, 0.25) is 0 Å². The first kappa shape index (κ1) is 34.7. The van der Waals surface area contributed by atoms with Crippen LogP contribution in [0.1, 0.15) is 0 Å². The second-order valence-corrected chi connectivity index (χ2v) is 15.4. The lowest BCUT2D eigenvalue weighted by Gasteiger charge is -2.09. The fraction of sp³-hybridized carbons (Fsp3) is 0. The van der Waals surface area contributed by atoms with Crippen molar-refractivity contribution in [3.63, 3.8) is 0 Å². The third-order valence-corrected chi connectivity index (χ3v) is 11.9. The van der Waals surface area contributed by atoms with Crippen molar-refractivity contribution in [1.82, 2.24) is 24.1 Å². The van der Waals surface area contributed by atoms with Crippen molar-refractivity contribution in [1.29, 1.82) is 0 Å². The van der Waals surface area contributed by atoms with E-state index in [1.807, 2.05) is 78.9 Å². The monoisotopic (exact) mass is 781 g/mol. The minimum atomic E-state index is 0.587. The molecule has 0 bridgehead atoms. The zero-order valence-electron chi connectivity index (χ0n) is 33.0. The van der Waals surface area contributed by atoms with Crippen molar-refractivity contribution in [2.45, 2.75) is 0 Å². The van der Waals surface area contributed by atoms with Crippen molar-refractivity contribution in [2.75, 3.05) is 0 Å². The van der Waals surface area contributed by atoms with Gasteiger partial charge in [0.15, 0.2) is 17.5 Å².